The molecule has 138 valence electrons. The van der Waals surface area contributed by atoms with Crippen molar-refractivity contribution in [3.05, 3.63) is 0 Å². The summed E-state index contributed by atoms with van der Waals surface area (Å²) in [7, 11) is 0. The lowest BCUT2D eigenvalue weighted by Gasteiger charge is -2.58. The Morgan fingerprint density at radius 3 is 2.72 bits per heavy atom. The summed E-state index contributed by atoms with van der Waals surface area (Å²) in [6.45, 7) is 6.18. The van der Waals surface area contributed by atoms with Crippen molar-refractivity contribution in [2.75, 3.05) is 0 Å². The zero-order valence-corrected chi connectivity index (χ0v) is 15.7. The van der Waals surface area contributed by atoms with Gasteiger partial charge in [-0.3, -0.25) is 9.59 Å². The summed E-state index contributed by atoms with van der Waals surface area (Å²) in [5.41, 5.74) is 0.0500. The van der Waals surface area contributed by atoms with Crippen LogP contribution in [0, 0.1) is 28.6 Å². The number of hydrogen-bond acceptors (Lipinski definition) is 4. The van der Waals surface area contributed by atoms with Gasteiger partial charge in [0.25, 0.3) is 0 Å². The highest BCUT2D eigenvalue weighted by atomic mass is 16.6. The molecule has 0 aromatic heterocycles. The molecule has 4 aliphatic carbocycles. The zero-order valence-electron chi connectivity index (χ0n) is 15.7. The number of esters is 1. The van der Waals surface area contributed by atoms with Crippen LogP contribution in [0.3, 0.4) is 0 Å². The molecule has 0 aromatic rings. The molecule has 0 radical (unpaired) electrons. The van der Waals surface area contributed by atoms with E-state index >= 15 is 0 Å². The monoisotopic (exact) mass is 346 g/mol. The molecule has 5 rings (SSSR count). The van der Waals surface area contributed by atoms with Crippen LogP contribution in [-0.4, -0.2) is 29.6 Å². The first-order valence-electron chi connectivity index (χ1n) is 10.2. The van der Waals surface area contributed by atoms with Gasteiger partial charge in [-0.25, -0.2) is 0 Å². The highest BCUT2D eigenvalue weighted by molar-refractivity contribution is 5.87. The van der Waals surface area contributed by atoms with Crippen molar-refractivity contribution in [1.82, 2.24) is 0 Å². The molecule has 25 heavy (non-hydrogen) atoms. The Kier molecular flexibility index (Phi) is 3.18. The third-order valence-corrected chi connectivity index (χ3v) is 9.08. The van der Waals surface area contributed by atoms with Gasteiger partial charge in [-0.1, -0.05) is 13.8 Å². The Morgan fingerprint density at radius 1 is 1.16 bits per heavy atom. The standard InChI is InChI=1S/C21H30O4/c1-12(22)24-13-6-9-20(3)16-7-8-19(2)15(4-5-17(19)23)14(16)10-18-21(20,11-13)25-18/h13-16,18H,4-11H2,1-3H3/t13-,14+,15+,16-,18+,19+,20-,21+/m1/s1. The average Bonchev–Trinajstić information content (AvgIpc) is 3.15. The molecular formula is C21H30O4. The average molecular weight is 346 g/mol. The van der Waals surface area contributed by atoms with Crippen molar-refractivity contribution >= 4 is 11.8 Å². The normalized spacial score (nSPS) is 56.3. The SMILES string of the molecule is CC(=O)O[C@@H]1CC[C@]2(C)[C@@H]3CC[C@]4(C)C(=O)CC[C@H]4[C@@H]3C[C@@H]3O[C@@]32C1. The minimum absolute atomic E-state index is 0.0223. The van der Waals surface area contributed by atoms with Crippen molar-refractivity contribution in [2.45, 2.75) is 89.9 Å². The Morgan fingerprint density at radius 2 is 1.96 bits per heavy atom. The van der Waals surface area contributed by atoms with E-state index < -0.39 is 0 Å². The van der Waals surface area contributed by atoms with Gasteiger partial charge in [-0.05, 0) is 56.3 Å². The van der Waals surface area contributed by atoms with E-state index in [2.05, 4.69) is 13.8 Å². The van der Waals surface area contributed by atoms with Crippen LogP contribution in [0.1, 0.15) is 72.1 Å². The fraction of sp³-hybridized carbons (Fsp3) is 0.905. The molecule has 8 atom stereocenters. The van der Waals surface area contributed by atoms with E-state index in [0.29, 0.717) is 29.6 Å². The van der Waals surface area contributed by atoms with Crippen LogP contribution in [-0.2, 0) is 19.1 Å². The number of ether oxygens (including phenoxy) is 2. The van der Waals surface area contributed by atoms with E-state index in [1.165, 1.54) is 6.92 Å². The fourth-order valence-corrected chi connectivity index (χ4v) is 7.75. The Bertz CT molecular complexity index is 644. The number of hydrogen-bond donors (Lipinski definition) is 0. The van der Waals surface area contributed by atoms with Crippen molar-refractivity contribution in [1.29, 1.82) is 0 Å². The van der Waals surface area contributed by atoms with E-state index in [4.69, 9.17) is 9.47 Å². The summed E-state index contributed by atoms with van der Waals surface area (Å²) in [6, 6.07) is 0. The smallest absolute Gasteiger partial charge is 0.302 e. The second-order valence-corrected chi connectivity index (χ2v) is 9.92. The maximum Gasteiger partial charge on any atom is 0.302 e. The minimum Gasteiger partial charge on any atom is -0.462 e. The van der Waals surface area contributed by atoms with Crippen LogP contribution in [0.5, 0.6) is 0 Å². The second kappa shape index (κ2) is 4.88. The number of epoxide rings is 1. The number of carbonyl (C=O) groups is 2. The summed E-state index contributed by atoms with van der Waals surface area (Å²) in [5, 5.41) is 0. The third kappa shape index (κ3) is 1.92. The van der Waals surface area contributed by atoms with Crippen LogP contribution in [0.4, 0.5) is 0 Å². The Labute approximate surface area is 150 Å². The lowest BCUT2D eigenvalue weighted by Crippen LogP contribution is -2.58. The highest BCUT2D eigenvalue weighted by Gasteiger charge is 2.76. The maximum absolute atomic E-state index is 12.5. The number of carbonyl (C=O) groups excluding carboxylic acids is 2. The van der Waals surface area contributed by atoms with Crippen molar-refractivity contribution in [3.63, 3.8) is 0 Å². The molecular weight excluding hydrogens is 316 g/mol. The quantitative estimate of drug-likeness (QED) is 0.537. The minimum atomic E-state index is -0.172. The summed E-state index contributed by atoms with van der Waals surface area (Å²) in [6.07, 6.45) is 8.45. The van der Waals surface area contributed by atoms with Crippen LogP contribution in [0.25, 0.3) is 0 Å². The van der Waals surface area contributed by atoms with Gasteiger partial charge in [0, 0.05) is 30.6 Å². The molecule has 1 saturated heterocycles. The van der Waals surface area contributed by atoms with Gasteiger partial charge in [0.2, 0.25) is 0 Å². The zero-order chi connectivity index (χ0) is 17.6. The Balaban J connectivity index is 1.44. The lowest BCUT2D eigenvalue weighted by atomic mass is 9.45. The topological polar surface area (TPSA) is 55.9 Å². The van der Waals surface area contributed by atoms with Crippen LogP contribution >= 0.6 is 0 Å². The van der Waals surface area contributed by atoms with Crippen LogP contribution in [0.15, 0.2) is 0 Å². The van der Waals surface area contributed by atoms with Crippen molar-refractivity contribution in [2.24, 2.45) is 28.6 Å². The van der Waals surface area contributed by atoms with Gasteiger partial charge in [-0.2, -0.15) is 0 Å². The van der Waals surface area contributed by atoms with E-state index in [0.717, 1.165) is 51.4 Å². The highest BCUT2D eigenvalue weighted by Crippen LogP contribution is 2.73. The molecule has 1 spiro atoms. The molecule has 0 aromatic carbocycles. The third-order valence-electron chi connectivity index (χ3n) is 9.08. The molecule has 4 heteroatoms. The summed E-state index contributed by atoms with van der Waals surface area (Å²) >= 11 is 0. The molecule has 4 saturated carbocycles. The van der Waals surface area contributed by atoms with Crippen molar-refractivity contribution in [3.8, 4) is 0 Å². The van der Waals surface area contributed by atoms with Crippen LogP contribution in [0.2, 0.25) is 0 Å². The number of ketones is 1. The number of rotatable bonds is 1. The largest absolute Gasteiger partial charge is 0.462 e. The van der Waals surface area contributed by atoms with Gasteiger partial charge in [-0.15, -0.1) is 0 Å². The lowest BCUT2D eigenvalue weighted by molar-refractivity contribution is -0.157. The first kappa shape index (κ1) is 16.3. The molecule has 1 aliphatic heterocycles. The molecule has 0 N–H and O–H groups in total. The molecule has 1 heterocycles. The fourth-order valence-electron chi connectivity index (χ4n) is 7.75. The summed E-state index contributed by atoms with van der Waals surface area (Å²) in [4.78, 5) is 23.9. The summed E-state index contributed by atoms with van der Waals surface area (Å²) in [5.74, 6) is 2.19. The van der Waals surface area contributed by atoms with Crippen LogP contribution < -0.4 is 0 Å². The molecule has 4 nitrogen and oxygen atoms in total. The van der Waals surface area contributed by atoms with Gasteiger partial charge in [0.05, 0.1) is 6.10 Å². The van der Waals surface area contributed by atoms with E-state index in [1.54, 1.807) is 0 Å². The molecule has 0 amide bonds. The number of Topliss-reactive ketones (excluding diaryl/α,β-unsaturated/α-hetero) is 1. The maximum atomic E-state index is 12.5. The predicted molar refractivity (Wildman–Crippen MR) is 91.8 cm³/mol. The van der Waals surface area contributed by atoms with Gasteiger partial charge in [0.1, 0.15) is 17.5 Å². The molecule has 5 fully saturated rings. The predicted octanol–water partition coefficient (Wildman–Crippen LogP) is 3.66. The van der Waals surface area contributed by atoms with E-state index in [-0.39, 0.29) is 28.5 Å². The second-order valence-electron chi connectivity index (χ2n) is 9.92. The van der Waals surface area contributed by atoms with E-state index in [9.17, 15) is 9.59 Å². The molecule has 5 aliphatic rings. The first-order valence-corrected chi connectivity index (χ1v) is 10.2. The summed E-state index contributed by atoms with van der Waals surface area (Å²) < 4.78 is 12.0. The van der Waals surface area contributed by atoms with Crippen molar-refractivity contribution < 1.29 is 19.1 Å². The first-order chi connectivity index (χ1) is 11.8. The Hall–Kier alpha value is -0.900. The van der Waals surface area contributed by atoms with E-state index in [1.807, 2.05) is 0 Å². The molecule has 0 unspecified atom stereocenters. The molecule has 0 bridgehead atoms. The van der Waals surface area contributed by atoms with Gasteiger partial charge >= 0.3 is 5.97 Å². The van der Waals surface area contributed by atoms with Gasteiger partial charge < -0.3 is 9.47 Å². The number of fused-ring (bicyclic) bond motifs is 4. The van der Waals surface area contributed by atoms with Gasteiger partial charge in [0.15, 0.2) is 0 Å².